The molecule has 0 radical (unpaired) electrons. The molecule has 0 aliphatic heterocycles. The molecule has 2 N–H and O–H groups in total. The number of H-pyrrole nitrogens is 1. The first-order chi connectivity index (χ1) is 8.56. The normalized spacial score (nSPS) is 12.5. The van der Waals surface area contributed by atoms with E-state index < -0.39 is 16.8 Å². The first-order valence-corrected chi connectivity index (χ1v) is 5.53. The van der Waals surface area contributed by atoms with Crippen LogP contribution in [-0.4, -0.2) is 21.0 Å². The molecule has 18 heavy (non-hydrogen) atoms. The van der Waals surface area contributed by atoms with Crippen LogP contribution in [0.25, 0.3) is 10.9 Å². The zero-order chi connectivity index (χ0) is 13.3. The number of nitrogens with one attached hydrogen (secondary N) is 1. The molecule has 0 saturated heterocycles. The number of rotatable bonds is 4. The number of aromatic nitrogens is 1. The average Bonchev–Trinajstić information content (AvgIpc) is 2.73. The highest BCUT2D eigenvalue weighted by Crippen LogP contribution is 2.34. The van der Waals surface area contributed by atoms with E-state index in [-0.39, 0.29) is 5.69 Å². The molecule has 1 aromatic heterocycles. The van der Waals surface area contributed by atoms with Gasteiger partial charge in [0.25, 0.3) is 5.69 Å². The fourth-order valence-corrected chi connectivity index (χ4v) is 2.15. The molecule has 6 heteroatoms. The summed E-state index contributed by atoms with van der Waals surface area (Å²) in [6.07, 6.45) is 1.92. The van der Waals surface area contributed by atoms with E-state index in [4.69, 9.17) is 5.11 Å². The number of nitro groups is 1. The van der Waals surface area contributed by atoms with Crippen molar-refractivity contribution >= 4 is 22.6 Å². The second-order valence-electron chi connectivity index (χ2n) is 4.00. The molecule has 0 saturated carbocycles. The van der Waals surface area contributed by atoms with Crippen LogP contribution in [0.4, 0.5) is 5.69 Å². The first kappa shape index (κ1) is 12.1. The Balaban J connectivity index is 2.72. The van der Waals surface area contributed by atoms with Gasteiger partial charge in [-0.05, 0) is 18.1 Å². The number of aliphatic carboxylic acids is 1. The molecule has 1 atom stereocenters. The molecule has 6 nitrogen and oxygen atoms in total. The molecule has 94 valence electrons. The Kier molecular flexibility index (Phi) is 3.01. The van der Waals surface area contributed by atoms with Crippen molar-refractivity contribution in [3.63, 3.8) is 0 Å². The second kappa shape index (κ2) is 4.48. The maximum absolute atomic E-state index is 11.2. The van der Waals surface area contributed by atoms with Gasteiger partial charge in [0.05, 0.1) is 21.7 Å². The van der Waals surface area contributed by atoms with Crippen LogP contribution in [0.15, 0.2) is 24.4 Å². The Morgan fingerprint density at radius 2 is 2.28 bits per heavy atom. The van der Waals surface area contributed by atoms with Crippen molar-refractivity contribution in [2.24, 2.45) is 0 Å². The smallest absolute Gasteiger partial charge is 0.311 e. The minimum absolute atomic E-state index is 0.0662. The average molecular weight is 248 g/mol. The van der Waals surface area contributed by atoms with Crippen LogP contribution >= 0.6 is 0 Å². The lowest BCUT2D eigenvalue weighted by atomic mass is 9.95. The lowest BCUT2D eigenvalue weighted by Crippen LogP contribution is -2.10. The number of non-ortho nitro benzene ring substituents is 1. The Morgan fingerprint density at radius 3 is 2.83 bits per heavy atom. The molecule has 0 spiro atoms. The molecule has 0 aliphatic carbocycles. The molecule has 0 fully saturated rings. The largest absolute Gasteiger partial charge is 0.481 e. The minimum Gasteiger partial charge on any atom is -0.481 e. The zero-order valence-electron chi connectivity index (χ0n) is 9.71. The lowest BCUT2D eigenvalue weighted by Gasteiger charge is -2.08. The van der Waals surface area contributed by atoms with Crippen molar-refractivity contribution in [3.8, 4) is 0 Å². The van der Waals surface area contributed by atoms with Crippen molar-refractivity contribution < 1.29 is 14.8 Å². The van der Waals surface area contributed by atoms with Crippen LogP contribution in [-0.2, 0) is 4.79 Å². The van der Waals surface area contributed by atoms with Crippen LogP contribution < -0.4 is 0 Å². The van der Waals surface area contributed by atoms with Gasteiger partial charge >= 0.3 is 5.97 Å². The SMILES string of the molecule is CCC(C(=O)O)c1c[nH]c2cccc([N+](=O)[O-])c12. The van der Waals surface area contributed by atoms with Crippen molar-refractivity contribution in [1.82, 2.24) is 4.98 Å². The molecule has 0 aliphatic rings. The quantitative estimate of drug-likeness (QED) is 0.642. The van der Waals surface area contributed by atoms with Gasteiger partial charge in [-0.25, -0.2) is 0 Å². The van der Waals surface area contributed by atoms with Gasteiger partial charge < -0.3 is 10.1 Å². The number of carboxylic acids is 1. The predicted molar refractivity (Wildman–Crippen MR) is 65.6 cm³/mol. The fourth-order valence-electron chi connectivity index (χ4n) is 2.15. The number of carbonyl (C=O) groups is 1. The van der Waals surface area contributed by atoms with Gasteiger partial charge in [-0.2, -0.15) is 0 Å². The molecule has 0 amide bonds. The number of nitro benzene ring substituents is 1. The highest BCUT2D eigenvalue weighted by molar-refractivity contribution is 5.95. The molecule has 0 bridgehead atoms. The minimum atomic E-state index is -0.975. The van der Waals surface area contributed by atoms with E-state index in [9.17, 15) is 14.9 Å². The van der Waals surface area contributed by atoms with E-state index in [1.807, 2.05) is 0 Å². The van der Waals surface area contributed by atoms with Crippen molar-refractivity contribution in [3.05, 3.63) is 40.1 Å². The summed E-state index contributed by atoms with van der Waals surface area (Å²) < 4.78 is 0. The summed E-state index contributed by atoms with van der Waals surface area (Å²) in [6.45, 7) is 1.74. The molecular weight excluding hydrogens is 236 g/mol. The monoisotopic (exact) mass is 248 g/mol. The molecule has 1 aromatic carbocycles. The third-order valence-corrected chi connectivity index (χ3v) is 2.99. The predicted octanol–water partition coefficient (Wildman–Crippen LogP) is 2.65. The van der Waals surface area contributed by atoms with Crippen molar-refractivity contribution in [2.75, 3.05) is 0 Å². The van der Waals surface area contributed by atoms with Gasteiger partial charge in [0.1, 0.15) is 0 Å². The number of fused-ring (bicyclic) bond motifs is 1. The molecular formula is C12H12N2O4. The summed E-state index contributed by atoms with van der Waals surface area (Å²) in [5.74, 6) is -1.71. The van der Waals surface area contributed by atoms with E-state index in [0.717, 1.165) is 0 Å². The maximum atomic E-state index is 11.2. The number of benzene rings is 1. The number of nitrogens with zero attached hydrogens (tertiary/aromatic N) is 1. The Labute approximate surface area is 102 Å². The Morgan fingerprint density at radius 1 is 1.56 bits per heavy atom. The van der Waals surface area contributed by atoms with Crippen molar-refractivity contribution in [1.29, 1.82) is 0 Å². The van der Waals surface area contributed by atoms with E-state index in [0.29, 0.717) is 22.9 Å². The Bertz CT molecular complexity index is 618. The van der Waals surface area contributed by atoms with Gasteiger partial charge in [0, 0.05) is 12.3 Å². The Hall–Kier alpha value is -2.37. The van der Waals surface area contributed by atoms with Crippen molar-refractivity contribution in [2.45, 2.75) is 19.3 Å². The van der Waals surface area contributed by atoms with E-state index >= 15 is 0 Å². The van der Waals surface area contributed by atoms with E-state index in [1.54, 1.807) is 25.3 Å². The van der Waals surface area contributed by atoms with E-state index in [2.05, 4.69) is 4.98 Å². The van der Waals surface area contributed by atoms with Gasteiger partial charge in [0.2, 0.25) is 0 Å². The second-order valence-corrected chi connectivity index (χ2v) is 4.00. The third-order valence-electron chi connectivity index (χ3n) is 2.99. The third kappa shape index (κ3) is 1.81. The van der Waals surface area contributed by atoms with Crippen LogP contribution in [0.1, 0.15) is 24.8 Å². The van der Waals surface area contributed by atoms with E-state index in [1.165, 1.54) is 6.07 Å². The molecule has 2 rings (SSSR count). The number of hydrogen-bond acceptors (Lipinski definition) is 3. The highest BCUT2D eigenvalue weighted by Gasteiger charge is 2.25. The molecule has 2 aromatic rings. The van der Waals surface area contributed by atoms with Gasteiger partial charge in [-0.3, -0.25) is 14.9 Å². The van der Waals surface area contributed by atoms with Crippen LogP contribution in [0.5, 0.6) is 0 Å². The molecule has 1 heterocycles. The van der Waals surface area contributed by atoms with Gasteiger partial charge in [-0.1, -0.05) is 13.0 Å². The summed E-state index contributed by atoms with van der Waals surface area (Å²) in [7, 11) is 0. The highest BCUT2D eigenvalue weighted by atomic mass is 16.6. The van der Waals surface area contributed by atoms with Crippen LogP contribution in [0.3, 0.4) is 0 Å². The van der Waals surface area contributed by atoms with Crippen LogP contribution in [0, 0.1) is 10.1 Å². The summed E-state index contributed by atoms with van der Waals surface area (Å²) >= 11 is 0. The fraction of sp³-hybridized carbons (Fsp3) is 0.250. The summed E-state index contributed by atoms with van der Waals surface area (Å²) in [5.41, 5.74) is 0.981. The summed E-state index contributed by atoms with van der Waals surface area (Å²) in [5, 5.41) is 20.5. The summed E-state index contributed by atoms with van der Waals surface area (Å²) in [4.78, 5) is 24.6. The number of carboxylic acid groups (broad SMARTS) is 1. The lowest BCUT2D eigenvalue weighted by molar-refractivity contribution is -0.383. The first-order valence-electron chi connectivity index (χ1n) is 5.53. The zero-order valence-corrected chi connectivity index (χ0v) is 9.71. The van der Waals surface area contributed by atoms with Gasteiger partial charge in [-0.15, -0.1) is 0 Å². The van der Waals surface area contributed by atoms with Crippen LogP contribution in [0.2, 0.25) is 0 Å². The topological polar surface area (TPSA) is 96.2 Å². The number of aromatic amines is 1. The maximum Gasteiger partial charge on any atom is 0.311 e. The standard InChI is InChI=1S/C12H12N2O4/c1-2-7(12(15)16)8-6-13-9-4-3-5-10(11(8)9)14(17)18/h3-7,13H,2H2,1H3,(H,15,16). The van der Waals surface area contributed by atoms with Gasteiger partial charge in [0.15, 0.2) is 0 Å². The number of hydrogen-bond donors (Lipinski definition) is 2. The summed E-state index contributed by atoms with van der Waals surface area (Å²) in [6, 6.07) is 4.65. The molecule has 1 unspecified atom stereocenters.